The maximum absolute atomic E-state index is 6.79. The van der Waals surface area contributed by atoms with E-state index in [0.29, 0.717) is 23.7 Å². The van der Waals surface area contributed by atoms with Crippen LogP contribution in [0.25, 0.3) is 10.8 Å². The van der Waals surface area contributed by atoms with E-state index < -0.39 is 17.7 Å². The molecule has 5 heteroatoms. The van der Waals surface area contributed by atoms with Crippen LogP contribution in [0, 0.1) is 23.7 Å². The second kappa shape index (κ2) is 6.92. The van der Waals surface area contributed by atoms with Crippen LogP contribution in [0.5, 0.6) is 5.75 Å². The van der Waals surface area contributed by atoms with Crippen LogP contribution in [0.3, 0.4) is 0 Å². The van der Waals surface area contributed by atoms with Gasteiger partial charge in [0.05, 0.1) is 13.2 Å². The molecule has 4 aliphatic heterocycles. The third kappa shape index (κ3) is 2.83. The second-order valence-corrected chi connectivity index (χ2v) is 10.3. The van der Waals surface area contributed by atoms with Crippen LogP contribution in [-0.4, -0.2) is 24.8 Å². The summed E-state index contributed by atoms with van der Waals surface area (Å²) in [4.78, 5) is 12.2. The molecule has 0 N–H and O–H groups in total. The maximum Gasteiger partial charge on any atom is 0.201 e. The Morgan fingerprint density at radius 1 is 0.935 bits per heavy atom. The molecule has 0 amide bonds. The Bertz CT molecular complexity index is 1010. The molecule has 31 heavy (non-hydrogen) atoms. The summed E-state index contributed by atoms with van der Waals surface area (Å²) in [6.45, 7) is 6.65. The van der Waals surface area contributed by atoms with Gasteiger partial charge in [0.1, 0.15) is 5.75 Å². The third-order valence-corrected chi connectivity index (χ3v) is 8.56. The first-order valence-electron chi connectivity index (χ1n) is 11.7. The van der Waals surface area contributed by atoms with Gasteiger partial charge in [-0.25, -0.2) is 9.78 Å². The average Bonchev–Trinajstić information content (AvgIpc) is 3.01. The molecule has 4 saturated heterocycles. The predicted molar refractivity (Wildman–Crippen MR) is 116 cm³/mol. The summed E-state index contributed by atoms with van der Waals surface area (Å²) in [5, 5.41) is 2.36. The van der Waals surface area contributed by atoms with Gasteiger partial charge in [0.2, 0.25) is 5.79 Å². The topological polar surface area (TPSA) is 46.2 Å². The van der Waals surface area contributed by atoms with Crippen molar-refractivity contribution in [1.29, 1.82) is 0 Å². The first-order chi connectivity index (χ1) is 14.9. The highest BCUT2D eigenvalue weighted by atomic mass is 17.3. The fourth-order valence-electron chi connectivity index (χ4n) is 6.83. The van der Waals surface area contributed by atoms with Crippen molar-refractivity contribution in [2.24, 2.45) is 23.7 Å². The minimum atomic E-state index is -0.734. The van der Waals surface area contributed by atoms with Gasteiger partial charge in [-0.05, 0) is 78.5 Å². The van der Waals surface area contributed by atoms with Crippen molar-refractivity contribution in [1.82, 2.24) is 0 Å². The lowest BCUT2D eigenvalue weighted by Crippen LogP contribution is -2.69. The van der Waals surface area contributed by atoms with Crippen molar-refractivity contribution in [2.45, 2.75) is 70.2 Å². The van der Waals surface area contributed by atoms with E-state index >= 15 is 0 Å². The van der Waals surface area contributed by atoms with E-state index in [0.717, 1.165) is 25.0 Å². The van der Waals surface area contributed by atoms with Gasteiger partial charge in [-0.3, -0.25) is 0 Å². The highest BCUT2D eigenvalue weighted by molar-refractivity contribution is 5.84. The van der Waals surface area contributed by atoms with E-state index in [9.17, 15) is 0 Å². The van der Waals surface area contributed by atoms with Gasteiger partial charge in [-0.2, -0.15) is 0 Å². The second-order valence-electron chi connectivity index (χ2n) is 10.3. The molecular formula is C26H32O5. The van der Waals surface area contributed by atoms with Crippen molar-refractivity contribution in [3.63, 3.8) is 0 Å². The zero-order valence-corrected chi connectivity index (χ0v) is 18.8. The molecule has 0 aromatic heterocycles. The van der Waals surface area contributed by atoms with Gasteiger partial charge in [-0.1, -0.05) is 32.0 Å². The van der Waals surface area contributed by atoms with Gasteiger partial charge in [0.15, 0.2) is 11.9 Å². The Balaban J connectivity index is 1.40. The molecule has 0 unspecified atom stereocenters. The van der Waals surface area contributed by atoms with E-state index in [1.807, 2.05) is 13.0 Å². The largest absolute Gasteiger partial charge is 0.497 e. The smallest absolute Gasteiger partial charge is 0.201 e. The van der Waals surface area contributed by atoms with Crippen LogP contribution in [0.4, 0.5) is 0 Å². The molecule has 2 bridgehead atoms. The van der Waals surface area contributed by atoms with E-state index in [2.05, 4.69) is 44.2 Å². The van der Waals surface area contributed by atoms with Crippen LogP contribution in [0.1, 0.15) is 58.1 Å². The van der Waals surface area contributed by atoms with Gasteiger partial charge < -0.3 is 14.2 Å². The van der Waals surface area contributed by atoms with Gasteiger partial charge in [-0.15, -0.1) is 0 Å². The summed E-state index contributed by atoms with van der Waals surface area (Å²) in [6, 6.07) is 12.8. The summed E-state index contributed by atoms with van der Waals surface area (Å²) in [5.41, 5.74) is 0.693. The van der Waals surface area contributed by atoms with Gasteiger partial charge >= 0.3 is 0 Å². The molecule has 7 rings (SSSR count). The SMILES string of the molecule is COc1ccc2cc([C@H]3O[C@@H]4O[C@]5(C)CC[C@H]6[C@H](C)CC[C@@H]([C@H]3C)[C@@]46OO5)ccc2c1. The molecule has 5 nitrogen and oxygen atoms in total. The van der Waals surface area contributed by atoms with Crippen molar-refractivity contribution in [2.75, 3.05) is 7.11 Å². The van der Waals surface area contributed by atoms with E-state index in [1.165, 1.54) is 22.8 Å². The first-order valence-corrected chi connectivity index (χ1v) is 11.7. The van der Waals surface area contributed by atoms with Crippen LogP contribution in [0.15, 0.2) is 36.4 Å². The molecule has 2 aromatic carbocycles. The van der Waals surface area contributed by atoms with Crippen LogP contribution >= 0.6 is 0 Å². The molecule has 1 spiro atoms. The number of fused-ring (bicyclic) bond motifs is 3. The normalized spacial score (nSPS) is 44.0. The molecule has 1 saturated carbocycles. The number of hydrogen-bond donors (Lipinski definition) is 0. The van der Waals surface area contributed by atoms with Crippen molar-refractivity contribution < 1.29 is 24.0 Å². The monoisotopic (exact) mass is 424 g/mol. The van der Waals surface area contributed by atoms with Crippen LogP contribution < -0.4 is 4.74 Å². The lowest BCUT2D eigenvalue weighted by molar-refractivity contribution is -0.571. The molecule has 8 atom stereocenters. The number of hydrogen-bond acceptors (Lipinski definition) is 5. The summed E-state index contributed by atoms with van der Waals surface area (Å²) >= 11 is 0. The van der Waals surface area contributed by atoms with Crippen LogP contribution in [0.2, 0.25) is 0 Å². The Morgan fingerprint density at radius 2 is 1.74 bits per heavy atom. The first kappa shape index (κ1) is 20.0. The highest BCUT2D eigenvalue weighted by Gasteiger charge is 2.69. The summed E-state index contributed by atoms with van der Waals surface area (Å²) in [7, 11) is 1.70. The quantitative estimate of drug-likeness (QED) is 0.573. The molecule has 4 heterocycles. The molecule has 166 valence electrons. The average molecular weight is 425 g/mol. The fourth-order valence-corrected chi connectivity index (χ4v) is 6.83. The van der Waals surface area contributed by atoms with E-state index in [1.54, 1.807) is 7.11 Å². The molecule has 2 aromatic rings. The van der Waals surface area contributed by atoms with Crippen molar-refractivity contribution in [3.8, 4) is 5.75 Å². The minimum Gasteiger partial charge on any atom is -0.497 e. The third-order valence-electron chi connectivity index (χ3n) is 8.56. The summed E-state index contributed by atoms with van der Waals surface area (Å²) in [6.07, 6.45) is 3.80. The van der Waals surface area contributed by atoms with Crippen LogP contribution in [-0.2, 0) is 19.2 Å². The van der Waals surface area contributed by atoms with Gasteiger partial charge in [0, 0.05) is 12.3 Å². The number of methoxy groups -OCH3 is 1. The summed E-state index contributed by atoms with van der Waals surface area (Å²) < 4.78 is 18.7. The zero-order valence-electron chi connectivity index (χ0n) is 18.8. The fraction of sp³-hybridized carbons (Fsp3) is 0.615. The van der Waals surface area contributed by atoms with E-state index in [4.69, 9.17) is 24.0 Å². The lowest BCUT2D eigenvalue weighted by Gasteiger charge is -2.60. The molecule has 1 aliphatic carbocycles. The minimum absolute atomic E-state index is 0.0345. The Morgan fingerprint density at radius 3 is 2.58 bits per heavy atom. The Kier molecular flexibility index (Phi) is 4.46. The zero-order chi connectivity index (χ0) is 21.4. The highest BCUT2D eigenvalue weighted by Crippen LogP contribution is 2.62. The maximum atomic E-state index is 6.79. The lowest BCUT2D eigenvalue weighted by atomic mass is 9.57. The predicted octanol–water partition coefficient (Wildman–Crippen LogP) is 5.77. The Hall–Kier alpha value is -1.66. The molecule has 0 radical (unpaired) electrons. The van der Waals surface area contributed by atoms with E-state index in [-0.39, 0.29) is 6.10 Å². The van der Waals surface area contributed by atoms with Crippen molar-refractivity contribution >= 4 is 10.8 Å². The number of ether oxygens (including phenoxy) is 3. The standard InChI is InChI=1S/C26H32O5/c1-15-5-10-22-16(2)23(19-7-6-18-14-20(27-4)9-8-17(18)13-19)28-24-26(22)21(15)11-12-25(3,29-24)30-31-26/h6-9,13-16,21-24H,5,10-12H2,1-4H3/t15-,16-,21+,22+,23+,24-,25+,26-/m1/s1. The Labute approximate surface area is 183 Å². The van der Waals surface area contributed by atoms with Gasteiger partial charge in [0.25, 0.3) is 0 Å². The van der Waals surface area contributed by atoms with Crippen molar-refractivity contribution in [3.05, 3.63) is 42.0 Å². The molecule has 5 aliphatic rings. The number of rotatable bonds is 2. The molecular weight excluding hydrogens is 392 g/mol. The number of benzene rings is 2. The summed E-state index contributed by atoms with van der Waals surface area (Å²) in [5.74, 6) is 1.76. The molecule has 5 fully saturated rings.